The molecular weight excluding hydrogens is 206 g/mol. The third-order valence-corrected chi connectivity index (χ3v) is 2.88. The Morgan fingerprint density at radius 3 is 2.75 bits per heavy atom. The van der Waals surface area contributed by atoms with E-state index in [4.69, 9.17) is 5.11 Å². The van der Waals surface area contributed by atoms with Gasteiger partial charge < -0.3 is 10.0 Å². The average Bonchev–Trinajstić information content (AvgIpc) is 2.22. The highest BCUT2D eigenvalue weighted by atomic mass is 16.4. The zero-order chi connectivity index (χ0) is 12.0. The van der Waals surface area contributed by atoms with Crippen molar-refractivity contribution in [1.29, 1.82) is 0 Å². The molecule has 0 aromatic rings. The molecule has 0 radical (unpaired) electrons. The standard InChI is InChI=1S/C12H19NO3/c1-10(12(15)16)7-9-13-8-5-3-2-4-6-11(13)14/h7H,2-6,8-9H2,1H3,(H,15,16). The molecule has 1 rings (SSSR count). The Balaban J connectivity index is 2.52. The van der Waals surface area contributed by atoms with E-state index in [1.54, 1.807) is 17.9 Å². The Morgan fingerprint density at radius 1 is 1.38 bits per heavy atom. The molecular formula is C12H19NO3. The van der Waals surface area contributed by atoms with E-state index >= 15 is 0 Å². The third kappa shape index (κ3) is 4.04. The number of likely N-dealkylation sites (tertiary alicyclic amines) is 1. The van der Waals surface area contributed by atoms with Crippen molar-refractivity contribution in [3.63, 3.8) is 0 Å². The smallest absolute Gasteiger partial charge is 0.331 e. The van der Waals surface area contributed by atoms with Crippen molar-refractivity contribution in [1.82, 2.24) is 4.90 Å². The first kappa shape index (κ1) is 12.7. The van der Waals surface area contributed by atoms with Crippen molar-refractivity contribution in [2.45, 2.75) is 39.0 Å². The molecule has 1 fully saturated rings. The van der Waals surface area contributed by atoms with E-state index < -0.39 is 5.97 Å². The summed E-state index contributed by atoms with van der Waals surface area (Å²) in [6.07, 6.45) is 6.47. The minimum absolute atomic E-state index is 0.147. The molecule has 0 aliphatic carbocycles. The number of hydrogen-bond acceptors (Lipinski definition) is 2. The number of carboxylic acids is 1. The lowest BCUT2D eigenvalue weighted by atomic mass is 10.1. The van der Waals surface area contributed by atoms with Crippen LogP contribution in [0.15, 0.2) is 11.6 Å². The number of carbonyl (C=O) groups is 2. The molecule has 0 saturated carbocycles. The molecule has 0 spiro atoms. The Labute approximate surface area is 95.9 Å². The van der Waals surface area contributed by atoms with Gasteiger partial charge in [-0.3, -0.25) is 4.79 Å². The average molecular weight is 225 g/mol. The van der Waals surface area contributed by atoms with Gasteiger partial charge in [0, 0.05) is 25.1 Å². The number of hydrogen-bond donors (Lipinski definition) is 1. The van der Waals surface area contributed by atoms with Crippen molar-refractivity contribution < 1.29 is 14.7 Å². The molecule has 0 unspecified atom stereocenters. The number of nitrogens with zero attached hydrogens (tertiary/aromatic N) is 1. The normalized spacial score (nSPS) is 19.2. The van der Waals surface area contributed by atoms with E-state index in [0.29, 0.717) is 18.5 Å². The molecule has 1 heterocycles. The van der Waals surface area contributed by atoms with Gasteiger partial charge in [0.05, 0.1) is 0 Å². The maximum absolute atomic E-state index is 11.7. The summed E-state index contributed by atoms with van der Waals surface area (Å²) >= 11 is 0. The first-order chi connectivity index (χ1) is 7.61. The van der Waals surface area contributed by atoms with Gasteiger partial charge in [0.25, 0.3) is 0 Å². The largest absolute Gasteiger partial charge is 0.478 e. The highest BCUT2D eigenvalue weighted by Crippen LogP contribution is 2.11. The van der Waals surface area contributed by atoms with Crippen LogP contribution in [0.1, 0.15) is 39.0 Å². The lowest BCUT2D eigenvalue weighted by Crippen LogP contribution is -2.33. The third-order valence-electron chi connectivity index (χ3n) is 2.88. The van der Waals surface area contributed by atoms with Crippen LogP contribution in [0, 0.1) is 0 Å². The molecule has 1 aliphatic rings. The highest BCUT2D eigenvalue weighted by molar-refractivity contribution is 5.86. The summed E-state index contributed by atoms with van der Waals surface area (Å²) in [5.74, 6) is -0.770. The Kier molecular flexibility index (Phi) is 5.02. The zero-order valence-corrected chi connectivity index (χ0v) is 9.74. The summed E-state index contributed by atoms with van der Waals surface area (Å²) in [5, 5.41) is 8.71. The maximum Gasteiger partial charge on any atom is 0.331 e. The van der Waals surface area contributed by atoms with Gasteiger partial charge in [0.1, 0.15) is 0 Å². The molecule has 1 amide bonds. The summed E-state index contributed by atoms with van der Waals surface area (Å²) < 4.78 is 0. The SMILES string of the molecule is CC(=CCN1CCCCCCC1=O)C(=O)O. The van der Waals surface area contributed by atoms with Gasteiger partial charge in [0.2, 0.25) is 5.91 Å². The van der Waals surface area contributed by atoms with Crippen LogP contribution < -0.4 is 0 Å². The minimum Gasteiger partial charge on any atom is -0.478 e. The van der Waals surface area contributed by atoms with Gasteiger partial charge >= 0.3 is 5.97 Å². The molecule has 16 heavy (non-hydrogen) atoms. The second-order valence-corrected chi connectivity index (χ2v) is 4.20. The molecule has 90 valence electrons. The van der Waals surface area contributed by atoms with E-state index in [9.17, 15) is 9.59 Å². The minimum atomic E-state index is -0.917. The number of rotatable bonds is 3. The van der Waals surface area contributed by atoms with Crippen molar-refractivity contribution in [3.05, 3.63) is 11.6 Å². The summed E-state index contributed by atoms with van der Waals surface area (Å²) in [7, 11) is 0. The van der Waals surface area contributed by atoms with Crippen LogP contribution in [0.25, 0.3) is 0 Å². The van der Waals surface area contributed by atoms with E-state index in [0.717, 1.165) is 32.2 Å². The fraction of sp³-hybridized carbons (Fsp3) is 0.667. The molecule has 1 saturated heterocycles. The molecule has 4 heteroatoms. The van der Waals surface area contributed by atoms with Crippen LogP contribution in [0.5, 0.6) is 0 Å². The maximum atomic E-state index is 11.7. The second-order valence-electron chi connectivity index (χ2n) is 4.20. The molecule has 0 aromatic heterocycles. The zero-order valence-electron chi connectivity index (χ0n) is 9.74. The van der Waals surface area contributed by atoms with Gasteiger partial charge in [-0.15, -0.1) is 0 Å². The van der Waals surface area contributed by atoms with Gasteiger partial charge in [0.15, 0.2) is 0 Å². The molecule has 0 aromatic carbocycles. The van der Waals surface area contributed by atoms with E-state index in [-0.39, 0.29) is 5.91 Å². The Hall–Kier alpha value is -1.32. The quantitative estimate of drug-likeness (QED) is 0.745. The molecule has 0 bridgehead atoms. The van der Waals surface area contributed by atoms with Crippen molar-refractivity contribution in [2.24, 2.45) is 0 Å². The van der Waals surface area contributed by atoms with E-state index in [1.165, 1.54) is 0 Å². The van der Waals surface area contributed by atoms with Crippen LogP contribution in [0.3, 0.4) is 0 Å². The van der Waals surface area contributed by atoms with Gasteiger partial charge in [-0.2, -0.15) is 0 Å². The summed E-state index contributed by atoms with van der Waals surface area (Å²) in [6, 6.07) is 0. The van der Waals surface area contributed by atoms with Crippen molar-refractivity contribution >= 4 is 11.9 Å². The van der Waals surface area contributed by atoms with Crippen molar-refractivity contribution in [3.8, 4) is 0 Å². The van der Waals surface area contributed by atoms with E-state index in [2.05, 4.69) is 0 Å². The number of aliphatic carboxylic acids is 1. The lowest BCUT2D eigenvalue weighted by Gasteiger charge is -2.23. The highest BCUT2D eigenvalue weighted by Gasteiger charge is 2.14. The molecule has 1 N–H and O–H groups in total. The van der Waals surface area contributed by atoms with Crippen LogP contribution in [0.2, 0.25) is 0 Å². The first-order valence-corrected chi connectivity index (χ1v) is 5.79. The van der Waals surface area contributed by atoms with Crippen molar-refractivity contribution in [2.75, 3.05) is 13.1 Å². The van der Waals surface area contributed by atoms with Gasteiger partial charge in [-0.1, -0.05) is 18.9 Å². The van der Waals surface area contributed by atoms with E-state index in [1.807, 2.05) is 0 Å². The summed E-state index contributed by atoms with van der Waals surface area (Å²) in [4.78, 5) is 24.1. The second kappa shape index (κ2) is 6.30. The van der Waals surface area contributed by atoms with Crippen LogP contribution in [-0.4, -0.2) is 35.0 Å². The predicted molar refractivity (Wildman–Crippen MR) is 61.1 cm³/mol. The number of carboxylic acid groups (broad SMARTS) is 1. The van der Waals surface area contributed by atoms with Gasteiger partial charge in [-0.05, 0) is 19.8 Å². The Bertz CT molecular complexity index is 297. The monoisotopic (exact) mass is 225 g/mol. The number of amides is 1. The fourth-order valence-electron chi connectivity index (χ4n) is 1.74. The lowest BCUT2D eigenvalue weighted by molar-refractivity contribution is -0.133. The fourth-order valence-corrected chi connectivity index (χ4v) is 1.74. The van der Waals surface area contributed by atoms with Crippen LogP contribution >= 0.6 is 0 Å². The molecule has 1 aliphatic heterocycles. The van der Waals surface area contributed by atoms with Crippen LogP contribution in [0.4, 0.5) is 0 Å². The van der Waals surface area contributed by atoms with Crippen LogP contribution in [-0.2, 0) is 9.59 Å². The number of carbonyl (C=O) groups excluding carboxylic acids is 1. The summed E-state index contributed by atoms with van der Waals surface area (Å²) in [6.45, 7) is 2.73. The summed E-state index contributed by atoms with van der Waals surface area (Å²) in [5.41, 5.74) is 0.301. The predicted octanol–water partition coefficient (Wildman–Crippen LogP) is 1.81. The molecule has 4 nitrogen and oxygen atoms in total. The topological polar surface area (TPSA) is 57.6 Å². The van der Waals surface area contributed by atoms with Gasteiger partial charge in [-0.25, -0.2) is 4.79 Å². The Morgan fingerprint density at radius 2 is 2.06 bits per heavy atom. The first-order valence-electron chi connectivity index (χ1n) is 5.79. The molecule has 0 atom stereocenters.